The number of carbonyl (C=O) groups is 5. The molecule has 2 rings (SSSR count). The van der Waals surface area contributed by atoms with Crippen LogP contribution in [0.3, 0.4) is 0 Å². The molecular weight excluding hydrogens is 516 g/mol. The SMILES string of the molecule is CSCCC(NC(=O)C(Cc1cnc[nH]1)NC(=O)C(CC(=O)O)NC(=O)C(N)Cc1ccccc1)C(=O)O. The number of carboxylic acids is 2. The summed E-state index contributed by atoms with van der Waals surface area (Å²) in [6.07, 6.45) is 4.05. The van der Waals surface area contributed by atoms with E-state index in [0.29, 0.717) is 11.4 Å². The molecule has 1 aromatic heterocycles. The van der Waals surface area contributed by atoms with Crippen molar-refractivity contribution in [2.45, 2.75) is 49.9 Å². The maximum Gasteiger partial charge on any atom is 0.326 e. The van der Waals surface area contributed by atoms with Crippen molar-refractivity contribution in [3.63, 3.8) is 0 Å². The molecule has 2 aromatic rings. The molecule has 0 aliphatic heterocycles. The molecule has 0 aliphatic rings. The summed E-state index contributed by atoms with van der Waals surface area (Å²) in [7, 11) is 0. The summed E-state index contributed by atoms with van der Waals surface area (Å²) in [6.45, 7) is 0. The molecule has 1 heterocycles. The van der Waals surface area contributed by atoms with Crippen molar-refractivity contribution in [3.8, 4) is 0 Å². The van der Waals surface area contributed by atoms with E-state index in [4.69, 9.17) is 5.73 Å². The van der Waals surface area contributed by atoms with Gasteiger partial charge in [0.05, 0.1) is 18.8 Å². The molecule has 0 radical (unpaired) electrons. The average molecular weight is 549 g/mol. The van der Waals surface area contributed by atoms with E-state index < -0.39 is 60.2 Å². The summed E-state index contributed by atoms with van der Waals surface area (Å²) >= 11 is 1.41. The van der Waals surface area contributed by atoms with Gasteiger partial charge < -0.3 is 36.9 Å². The monoisotopic (exact) mass is 548 g/mol. The van der Waals surface area contributed by atoms with Crippen molar-refractivity contribution in [3.05, 3.63) is 54.1 Å². The lowest BCUT2D eigenvalue weighted by Crippen LogP contribution is -2.58. The number of nitrogens with one attached hydrogen (secondary N) is 4. The fourth-order valence-electron chi connectivity index (χ4n) is 3.49. The number of H-pyrrole nitrogens is 1. The largest absolute Gasteiger partial charge is 0.481 e. The Kier molecular flexibility index (Phi) is 12.3. The number of thioether (sulfide) groups is 1. The zero-order chi connectivity index (χ0) is 28.1. The van der Waals surface area contributed by atoms with Gasteiger partial charge in [-0.25, -0.2) is 9.78 Å². The van der Waals surface area contributed by atoms with Gasteiger partial charge in [0.2, 0.25) is 17.7 Å². The van der Waals surface area contributed by atoms with Gasteiger partial charge >= 0.3 is 11.9 Å². The Bertz CT molecular complexity index is 1080. The van der Waals surface area contributed by atoms with Gasteiger partial charge in [-0.05, 0) is 30.4 Å². The number of rotatable bonds is 16. The third-order valence-electron chi connectivity index (χ3n) is 5.48. The lowest BCUT2D eigenvalue weighted by Gasteiger charge is -2.24. The molecule has 0 aliphatic carbocycles. The third-order valence-corrected chi connectivity index (χ3v) is 6.13. The highest BCUT2D eigenvalue weighted by Crippen LogP contribution is 2.06. The smallest absolute Gasteiger partial charge is 0.326 e. The van der Waals surface area contributed by atoms with Crippen LogP contribution in [-0.4, -0.2) is 86.0 Å². The molecule has 0 saturated carbocycles. The van der Waals surface area contributed by atoms with Crippen LogP contribution in [-0.2, 0) is 36.8 Å². The Labute approximate surface area is 223 Å². The van der Waals surface area contributed by atoms with E-state index in [9.17, 15) is 34.2 Å². The number of aromatic nitrogens is 2. The predicted molar refractivity (Wildman–Crippen MR) is 139 cm³/mol. The number of imidazole rings is 1. The Morgan fingerprint density at radius 2 is 1.58 bits per heavy atom. The maximum atomic E-state index is 13.1. The Morgan fingerprint density at radius 3 is 2.16 bits per heavy atom. The van der Waals surface area contributed by atoms with Crippen molar-refractivity contribution in [2.75, 3.05) is 12.0 Å². The third kappa shape index (κ3) is 10.2. The van der Waals surface area contributed by atoms with Crippen LogP contribution in [0.5, 0.6) is 0 Å². The van der Waals surface area contributed by atoms with Crippen LogP contribution in [0.15, 0.2) is 42.9 Å². The first-order valence-electron chi connectivity index (χ1n) is 11.7. The molecule has 38 heavy (non-hydrogen) atoms. The minimum Gasteiger partial charge on any atom is -0.481 e. The number of aliphatic carboxylic acids is 2. The average Bonchev–Trinajstić information content (AvgIpc) is 3.38. The van der Waals surface area contributed by atoms with Gasteiger partial charge in [0.15, 0.2) is 0 Å². The number of carbonyl (C=O) groups excluding carboxylic acids is 3. The fraction of sp³-hybridized carbons (Fsp3) is 0.417. The zero-order valence-corrected chi connectivity index (χ0v) is 21.6. The maximum absolute atomic E-state index is 13.1. The number of hydrogen-bond donors (Lipinski definition) is 7. The second-order valence-electron chi connectivity index (χ2n) is 8.48. The molecule has 0 saturated heterocycles. The van der Waals surface area contributed by atoms with Gasteiger partial charge in [-0.1, -0.05) is 30.3 Å². The van der Waals surface area contributed by atoms with Crippen LogP contribution in [0.25, 0.3) is 0 Å². The van der Waals surface area contributed by atoms with E-state index in [1.807, 2.05) is 0 Å². The van der Waals surface area contributed by atoms with Crippen LogP contribution < -0.4 is 21.7 Å². The van der Waals surface area contributed by atoms with E-state index in [-0.39, 0.29) is 19.3 Å². The Hall–Kier alpha value is -3.91. The van der Waals surface area contributed by atoms with Gasteiger partial charge in [-0.2, -0.15) is 11.8 Å². The summed E-state index contributed by atoms with van der Waals surface area (Å²) < 4.78 is 0. The molecule has 1 aromatic carbocycles. The second-order valence-corrected chi connectivity index (χ2v) is 9.46. The topological polar surface area (TPSA) is 217 Å². The predicted octanol–water partition coefficient (Wildman–Crippen LogP) is -0.711. The molecule has 206 valence electrons. The number of hydrogen-bond acceptors (Lipinski definition) is 8. The Balaban J connectivity index is 2.16. The molecular formula is C24H32N6O7S. The molecule has 0 fully saturated rings. The molecule has 0 spiro atoms. The molecule has 13 nitrogen and oxygen atoms in total. The molecule has 3 amide bonds. The summed E-state index contributed by atoms with van der Waals surface area (Å²) in [4.78, 5) is 68.4. The standard InChI is InChI=1S/C24H32N6O7S/c1-38-8-7-17(24(36)37)28-22(34)18(10-15-12-26-13-27-15)30-23(35)19(11-20(31)32)29-21(33)16(25)9-14-5-3-2-4-6-14/h2-6,12-13,16-19H,7-11,25H2,1H3,(H,26,27)(H,28,34)(H,29,33)(H,30,35)(H,31,32)(H,36,37). The lowest BCUT2D eigenvalue weighted by molar-refractivity contribution is -0.143. The highest BCUT2D eigenvalue weighted by Gasteiger charge is 2.31. The van der Waals surface area contributed by atoms with E-state index in [1.54, 1.807) is 36.6 Å². The number of amides is 3. The molecule has 8 N–H and O–H groups in total. The van der Waals surface area contributed by atoms with Gasteiger partial charge in [0.1, 0.15) is 18.1 Å². The summed E-state index contributed by atoms with van der Waals surface area (Å²) in [6, 6.07) is 3.84. The first kappa shape index (κ1) is 30.3. The summed E-state index contributed by atoms with van der Waals surface area (Å²) in [5, 5.41) is 26.0. The molecule has 14 heteroatoms. The van der Waals surface area contributed by atoms with Gasteiger partial charge in [0.25, 0.3) is 0 Å². The van der Waals surface area contributed by atoms with Gasteiger partial charge in [-0.15, -0.1) is 0 Å². The minimum atomic E-state index is -1.54. The summed E-state index contributed by atoms with van der Waals surface area (Å²) in [5.41, 5.74) is 7.21. The first-order valence-corrected chi connectivity index (χ1v) is 13.1. The normalized spacial score (nSPS) is 13.9. The number of nitrogens with zero attached hydrogens (tertiary/aromatic N) is 1. The van der Waals surface area contributed by atoms with Crippen molar-refractivity contribution in [1.82, 2.24) is 25.9 Å². The second kappa shape index (κ2) is 15.4. The fourth-order valence-corrected chi connectivity index (χ4v) is 3.96. The lowest BCUT2D eigenvalue weighted by atomic mass is 10.0. The highest BCUT2D eigenvalue weighted by atomic mass is 32.2. The van der Waals surface area contributed by atoms with Crippen molar-refractivity contribution < 1.29 is 34.2 Å². The zero-order valence-electron chi connectivity index (χ0n) is 20.8. The minimum absolute atomic E-state index is 0.0896. The van der Waals surface area contributed by atoms with E-state index in [1.165, 1.54) is 24.3 Å². The Morgan fingerprint density at radius 1 is 0.947 bits per heavy atom. The van der Waals surface area contributed by atoms with Crippen molar-refractivity contribution in [1.29, 1.82) is 0 Å². The van der Waals surface area contributed by atoms with Crippen LogP contribution in [0.4, 0.5) is 0 Å². The number of nitrogens with two attached hydrogens (primary N) is 1. The number of carboxylic acid groups (broad SMARTS) is 2. The number of aromatic amines is 1. The quantitative estimate of drug-likeness (QED) is 0.140. The van der Waals surface area contributed by atoms with Crippen LogP contribution in [0.1, 0.15) is 24.1 Å². The molecule has 4 unspecified atom stereocenters. The van der Waals surface area contributed by atoms with E-state index >= 15 is 0 Å². The van der Waals surface area contributed by atoms with Crippen LogP contribution in [0.2, 0.25) is 0 Å². The van der Waals surface area contributed by atoms with Crippen molar-refractivity contribution in [2.24, 2.45) is 5.73 Å². The first-order chi connectivity index (χ1) is 18.1. The van der Waals surface area contributed by atoms with Crippen LogP contribution in [0, 0.1) is 0 Å². The van der Waals surface area contributed by atoms with E-state index in [2.05, 4.69) is 25.9 Å². The highest BCUT2D eigenvalue weighted by molar-refractivity contribution is 7.98. The van der Waals surface area contributed by atoms with Crippen molar-refractivity contribution >= 4 is 41.4 Å². The molecule has 4 atom stereocenters. The summed E-state index contributed by atoms with van der Waals surface area (Å²) in [5.74, 6) is -4.59. The van der Waals surface area contributed by atoms with E-state index in [0.717, 1.165) is 5.56 Å². The van der Waals surface area contributed by atoms with Gasteiger partial charge in [-0.3, -0.25) is 19.2 Å². The molecule has 0 bridgehead atoms. The van der Waals surface area contributed by atoms with Crippen LogP contribution >= 0.6 is 11.8 Å². The number of benzene rings is 1. The van der Waals surface area contributed by atoms with Gasteiger partial charge in [0, 0.05) is 18.3 Å².